The van der Waals surface area contributed by atoms with Crippen molar-refractivity contribution >= 4 is 16.7 Å². The molecule has 0 amide bonds. The smallest absolute Gasteiger partial charge is 0.150 e. The van der Waals surface area contributed by atoms with Gasteiger partial charge in [-0.2, -0.15) is 0 Å². The van der Waals surface area contributed by atoms with E-state index in [0.29, 0.717) is 17.1 Å². The molecule has 2 aromatic rings. The Morgan fingerprint density at radius 2 is 1.85 bits per heavy atom. The second-order valence-corrected chi connectivity index (χ2v) is 4.51. The third-order valence-corrected chi connectivity index (χ3v) is 3.56. The SMILES string of the molecule is CC.CC.Cc1c(N)cnc2c1c(F)cn2C1CCC1. The molecule has 2 aromatic heterocycles. The lowest BCUT2D eigenvalue weighted by Gasteiger charge is -2.27. The van der Waals surface area contributed by atoms with Crippen molar-refractivity contribution in [2.45, 2.75) is 59.9 Å². The fourth-order valence-electron chi connectivity index (χ4n) is 2.28. The van der Waals surface area contributed by atoms with Crippen molar-refractivity contribution < 1.29 is 4.39 Å². The van der Waals surface area contributed by atoms with Gasteiger partial charge in [-0.1, -0.05) is 27.7 Å². The first-order valence-corrected chi connectivity index (χ1v) is 7.59. The van der Waals surface area contributed by atoms with Gasteiger partial charge >= 0.3 is 0 Å². The summed E-state index contributed by atoms with van der Waals surface area (Å²) >= 11 is 0. The number of rotatable bonds is 1. The Labute approximate surface area is 121 Å². The molecule has 1 saturated carbocycles. The van der Waals surface area contributed by atoms with Crippen molar-refractivity contribution in [3.63, 3.8) is 0 Å². The summed E-state index contributed by atoms with van der Waals surface area (Å²) in [7, 11) is 0. The Kier molecular flexibility index (Phi) is 5.99. The molecule has 0 unspecified atom stereocenters. The highest BCUT2D eigenvalue weighted by atomic mass is 19.1. The van der Waals surface area contributed by atoms with Crippen LogP contribution in [0, 0.1) is 12.7 Å². The fourth-order valence-corrected chi connectivity index (χ4v) is 2.28. The van der Waals surface area contributed by atoms with Gasteiger partial charge in [0, 0.05) is 12.2 Å². The molecule has 0 saturated heterocycles. The van der Waals surface area contributed by atoms with Crippen LogP contribution >= 0.6 is 0 Å². The Bertz CT molecular complexity index is 556. The van der Waals surface area contributed by atoms with Crippen molar-refractivity contribution in [3.05, 3.63) is 23.8 Å². The summed E-state index contributed by atoms with van der Waals surface area (Å²) < 4.78 is 15.8. The summed E-state index contributed by atoms with van der Waals surface area (Å²) in [4.78, 5) is 4.26. The molecule has 3 rings (SSSR count). The van der Waals surface area contributed by atoms with Crippen LogP contribution in [-0.4, -0.2) is 9.55 Å². The lowest BCUT2D eigenvalue weighted by molar-refractivity contribution is 0.318. The molecular formula is C16H26FN3. The highest BCUT2D eigenvalue weighted by molar-refractivity contribution is 5.84. The summed E-state index contributed by atoms with van der Waals surface area (Å²) in [5.74, 6) is -0.209. The average molecular weight is 279 g/mol. The van der Waals surface area contributed by atoms with Gasteiger partial charge in [-0.15, -0.1) is 0 Å². The molecule has 1 fully saturated rings. The Morgan fingerprint density at radius 1 is 1.25 bits per heavy atom. The van der Waals surface area contributed by atoms with Crippen LogP contribution in [0.5, 0.6) is 0 Å². The molecule has 0 aliphatic heterocycles. The Balaban J connectivity index is 0.000000461. The van der Waals surface area contributed by atoms with Crippen molar-refractivity contribution in [2.24, 2.45) is 0 Å². The van der Waals surface area contributed by atoms with Crippen molar-refractivity contribution in [3.8, 4) is 0 Å². The minimum Gasteiger partial charge on any atom is -0.397 e. The number of hydrogen-bond acceptors (Lipinski definition) is 2. The van der Waals surface area contributed by atoms with Crippen LogP contribution in [-0.2, 0) is 0 Å². The number of nitrogen functional groups attached to an aromatic ring is 1. The minimum absolute atomic E-state index is 0.209. The predicted octanol–water partition coefficient (Wildman–Crippen LogP) is 4.84. The topological polar surface area (TPSA) is 43.8 Å². The van der Waals surface area contributed by atoms with Gasteiger partial charge in [0.1, 0.15) is 5.65 Å². The van der Waals surface area contributed by atoms with Crippen molar-refractivity contribution in [1.82, 2.24) is 9.55 Å². The summed E-state index contributed by atoms with van der Waals surface area (Å²) in [5, 5.41) is 0.576. The molecule has 3 nitrogen and oxygen atoms in total. The predicted molar refractivity (Wildman–Crippen MR) is 84.4 cm³/mol. The van der Waals surface area contributed by atoms with E-state index in [1.54, 1.807) is 12.4 Å². The molecule has 1 aliphatic carbocycles. The van der Waals surface area contributed by atoms with Crippen molar-refractivity contribution in [2.75, 3.05) is 5.73 Å². The molecule has 0 bridgehead atoms. The van der Waals surface area contributed by atoms with Gasteiger partial charge < -0.3 is 10.3 Å². The first kappa shape index (κ1) is 16.5. The van der Waals surface area contributed by atoms with Gasteiger partial charge in [0.2, 0.25) is 0 Å². The maximum Gasteiger partial charge on any atom is 0.150 e. The largest absolute Gasteiger partial charge is 0.397 e. The number of halogens is 1. The van der Waals surface area contributed by atoms with Gasteiger partial charge in [0.15, 0.2) is 5.82 Å². The number of aryl methyl sites for hydroxylation is 1. The van der Waals surface area contributed by atoms with Crippen LogP contribution in [0.1, 0.15) is 58.6 Å². The van der Waals surface area contributed by atoms with Crippen LogP contribution in [0.3, 0.4) is 0 Å². The Morgan fingerprint density at radius 3 is 2.35 bits per heavy atom. The first-order valence-electron chi connectivity index (χ1n) is 7.59. The van der Waals surface area contributed by atoms with E-state index in [1.807, 2.05) is 39.2 Å². The number of nitrogens with two attached hydrogens (primary N) is 1. The van der Waals surface area contributed by atoms with E-state index < -0.39 is 0 Å². The summed E-state index contributed by atoms with van der Waals surface area (Å²) in [6.07, 6.45) is 6.64. The zero-order valence-corrected chi connectivity index (χ0v) is 13.2. The molecule has 4 heteroatoms. The zero-order valence-electron chi connectivity index (χ0n) is 13.2. The summed E-state index contributed by atoms with van der Waals surface area (Å²) in [6, 6.07) is 0.419. The Hall–Kier alpha value is -1.58. The summed E-state index contributed by atoms with van der Waals surface area (Å²) in [6.45, 7) is 9.84. The fraction of sp³-hybridized carbons (Fsp3) is 0.562. The number of fused-ring (bicyclic) bond motifs is 1. The number of aromatic nitrogens is 2. The molecule has 112 valence electrons. The van der Waals surface area contributed by atoms with Gasteiger partial charge in [0.05, 0.1) is 17.3 Å². The summed E-state index contributed by atoms with van der Waals surface area (Å²) in [5.41, 5.74) is 7.82. The maximum absolute atomic E-state index is 13.9. The second kappa shape index (κ2) is 7.27. The molecule has 20 heavy (non-hydrogen) atoms. The van der Waals surface area contributed by atoms with E-state index in [4.69, 9.17) is 5.73 Å². The van der Waals surface area contributed by atoms with Crippen LogP contribution < -0.4 is 5.73 Å². The monoisotopic (exact) mass is 279 g/mol. The molecule has 1 aliphatic rings. The lowest BCUT2D eigenvalue weighted by atomic mass is 9.93. The van der Waals surface area contributed by atoms with E-state index in [2.05, 4.69) is 4.98 Å². The van der Waals surface area contributed by atoms with Crippen LogP contribution in [0.15, 0.2) is 12.4 Å². The van der Waals surface area contributed by atoms with Gasteiger partial charge in [-0.3, -0.25) is 0 Å². The average Bonchev–Trinajstić information content (AvgIpc) is 2.74. The van der Waals surface area contributed by atoms with Gasteiger partial charge in [-0.25, -0.2) is 9.37 Å². The highest BCUT2D eigenvalue weighted by Crippen LogP contribution is 2.36. The molecule has 0 radical (unpaired) electrons. The van der Waals surface area contributed by atoms with E-state index in [1.165, 1.54) is 6.42 Å². The van der Waals surface area contributed by atoms with E-state index >= 15 is 0 Å². The lowest BCUT2D eigenvalue weighted by Crippen LogP contribution is -2.16. The number of nitrogens with zero attached hydrogens (tertiary/aromatic N) is 2. The minimum atomic E-state index is -0.209. The molecule has 0 aromatic carbocycles. The van der Waals surface area contributed by atoms with E-state index in [9.17, 15) is 4.39 Å². The van der Waals surface area contributed by atoms with Crippen LogP contribution in [0.4, 0.5) is 10.1 Å². The van der Waals surface area contributed by atoms with Gasteiger partial charge in [0.25, 0.3) is 0 Å². The van der Waals surface area contributed by atoms with E-state index in [0.717, 1.165) is 24.1 Å². The molecular weight excluding hydrogens is 253 g/mol. The maximum atomic E-state index is 13.9. The van der Waals surface area contributed by atoms with E-state index in [-0.39, 0.29) is 5.82 Å². The zero-order chi connectivity index (χ0) is 15.3. The van der Waals surface area contributed by atoms with Crippen LogP contribution in [0.25, 0.3) is 11.0 Å². The molecule has 2 N–H and O–H groups in total. The third kappa shape index (κ3) is 2.79. The first-order chi connectivity index (χ1) is 9.68. The molecule has 0 spiro atoms. The highest BCUT2D eigenvalue weighted by Gasteiger charge is 2.23. The third-order valence-electron chi connectivity index (χ3n) is 3.56. The second-order valence-electron chi connectivity index (χ2n) is 4.51. The number of anilines is 1. The normalized spacial score (nSPS) is 13.9. The number of hydrogen-bond donors (Lipinski definition) is 1. The van der Waals surface area contributed by atoms with Gasteiger partial charge in [-0.05, 0) is 31.7 Å². The van der Waals surface area contributed by atoms with Crippen LogP contribution in [0.2, 0.25) is 0 Å². The molecule has 0 atom stereocenters. The standard InChI is InChI=1S/C12H14FN3.2C2H6/c1-7-10(14)5-15-12-11(7)9(13)6-16(12)8-3-2-4-8;2*1-2/h5-6,8H,2-4,14H2,1H3;2*1-2H3. The molecule has 2 heterocycles. The quantitative estimate of drug-likeness (QED) is 0.811. The number of pyridine rings is 1. The van der Waals surface area contributed by atoms with Crippen molar-refractivity contribution in [1.29, 1.82) is 0 Å².